The van der Waals surface area contributed by atoms with E-state index in [2.05, 4.69) is 0 Å². The average Bonchev–Trinajstić information content (AvgIpc) is 2.30. The number of unbranched alkanes of at least 4 members (excludes halogenated alkanes) is 1. The molecule has 0 aliphatic heterocycles. The normalized spacial score (nSPS) is 10.1. The van der Waals surface area contributed by atoms with E-state index in [9.17, 15) is 13.0 Å². The van der Waals surface area contributed by atoms with Crippen molar-refractivity contribution >= 4 is 22.2 Å². The summed E-state index contributed by atoms with van der Waals surface area (Å²) in [6.07, 6.45) is 2.68. The second kappa shape index (κ2) is 11.7. The van der Waals surface area contributed by atoms with Crippen molar-refractivity contribution in [3.05, 3.63) is 24.3 Å². The molecular weight excluding hydrogens is 311 g/mol. The average molecular weight is 330 g/mol. The van der Waals surface area contributed by atoms with Gasteiger partial charge in [-0.25, -0.2) is 8.42 Å². The molecule has 110 valence electrons. The molecule has 0 fully saturated rings. The quantitative estimate of drug-likeness (QED) is 0.282. The number of ether oxygens (including phenoxy) is 1. The molecule has 0 aliphatic rings. The molecule has 5 nitrogen and oxygen atoms in total. The van der Waals surface area contributed by atoms with E-state index in [1.165, 1.54) is 12.0 Å². The Balaban J connectivity index is 0. The fourth-order valence-corrected chi connectivity index (χ4v) is 2.12. The first kappa shape index (κ1) is 22.4. The summed E-state index contributed by atoms with van der Waals surface area (Å²) in [5.74, 6) is 1.09. The van der Waals surface area contributed by atoms with Crippen LogP contribution >= 0.6 is 12.0 Å². The van der Waals surface area contributed by atoms with Gasteiger partial charge in [0.25, 0.3) is 0 Å². The van der Waals surface area contributed by atoms with E-state index < -0.39 is 10.1 Å². The molecule has 8 heteroatoms. The molecule has 1 aromatic carbocycles. The van der Waals surface area contributed by atoms with Crippen molar-refractivity contribution < 1.29 is 51.4 Å². The summed E-state index contributed by atoms with van der Waals surface area (Å²) in [7, 11) is -4.11. The fraction of sp³-hybridized carbons (Fsp3) is 0.500. The van der Waals surface area contributed by atoms with Gasteiger partial charge in [0.15, 0.2) is 0 Å². The van der Waals surface area contributed by atoms with Gasteiger partial charge in [0.05, 0.1) is 28.8 Å². The topological polar surface area (TPSA) is 75.7 Å². The van der Waals surface area contributed by atoms with Crippen molar-refractivity contribution in [3.8, 4) is 11.5 Å². The monoisotopic (exact) mass is 330 g/mol. The molecule has 0 unspecified atom stereocenters. The summed E-state index contributed by atoms with van der Waals surface area (Å²) in [5.41, 5.74) is 0. The zero-order valence-electron chi connectivity index (χ0n) is 11.0. The van der Waals surface area contributed by atoms with Crippen molar-refractivity contribution in [1.82, 2.24) is 0 Å². The maximum absolute atomic E-state index is 10.4. The standard InChI is InChI=1S/C11H16O5S2.CH4.Na/c1-17-16-11-6-4-10(5-7-11)15-8-2-3-9-18(12,13)14;;/h4-7H,2-3,8-9H2,1H3,(H,12,13,14);1H4;/q;;+1/p-1. The predicted octanol–water partition coefficient (Wildman–Crippen LogP) is -0.312. The fourth-order valence-electron chi connectivity index (χ4n) is 1.26. The van der Waals surface area contributed by atoms with Crippen LogP contribution in [0.1, 0.15) is 20.3 Å². The summed E-state index contributed by atoms with van der Waals surface area (Å²) < 4.78 is 41.6. The van der Waals surface area contributed by atoms with Crippen molar-refractivity contribution in [2.75, 3.05) is 18.6 Å². The number of hydrogen-bond donors (Lipinski definition) is 0. The largest absolute Gasteiger partial charge is 1.00 e. The second-order valence-corrected chi connectivity index (χ2v) is 5.56. The Morgan fingerprint density at radius 1 is 1.15 bits per heavy atom. The third kappa shape index (κ3) is 10.8. The van der Waals surface area contributed by atoms with E-state index in [0.29, 0.717) is 25.2 Å². The van der Waals surface area contributed by atoms with Gasteiger partial charge in [0.1, 0.15) is 11.5 Å². The molecule has 20 heavy (non-hydrogen) atoms. The van der Waals surface area contributed by atoms with Crippen molar-refractivity contribution in [2.45, 2.75) is 20.3 Å². The molecule has 0 bridgehead atoms. The summed E-state index contributed by atoms with van der Waals surface area (Å²) in [5, 5.41) is 0. The minimum atomic E-state index is -4.11. The van der Waals surface area contributed by atoms with Crippen LogP contribution in [-0.2, 0) is 10.1 Å². The summed E-state index contributed by atoms with van der Waals surface area (Å²) >= 11 is 1.26. The molecule has 0 spiro atoms. The smallest absolute Gasteiger partial charge is 0.748 e. The molecule has 0 saturated heterocycles. The van der Waals surface area contributed by atoms with Crippen LogP contribution in [0.25, 0.3) is 0 Å². The van der Waals surface area contributed by atoms with Gasteiger partial charge < -0.3 is 13.5 Å². The zero-order chi connectivity index (χ0) is 13.4. The van der Waals surface area contributed by atoms with Crippen LogP contribution in [0.5, 0.6) is 11.5 Å². The number of rotatable bonds is 8. The number of benzene rings is 1. The van der Waals surface area contributed by atoms with Gasteiger partial charge in [-0.1, -0.05) is 7.43 Å². The maximum Gasteiger partial charge on any atom is 1.00 e. The van der Waals surface area contributed by atoms with E-state index >= 15 is 0 Å². The Morgan fingerprint density at radius 3 is 2.20 bits per heavy atom. The molecule has 0 aromatic heterocycles. The van der Waals surface area contributed by atoms with Gasteiger partial charge in [0, 0.05) is 12.0 Å². The van der Waals surface area contributed by atoms with Gasteiger partial charge in [-0.15, -0.1) is 0 Å². The van der Waals surface area contributed by atoms with E-state index in [-0.39, 0.29) is 42.7 Å². The molecule has 0 heterocycles. The van der Waals surface area contributed by atoms with E-state index in [0.717, 1.165) is 5.75 Å². The van der Waals surface area contributed by atoms with Crippen LogP contribution in [0, 0.1) is 0 Å². The molecular formula is C12H19NaO5S2. The van der Waals surface area contributed by atoms with E-state index in [1.807, 2.05) is 6.26 Å². The van der Waals surface area contributed by atoms with Crippen LogP contribution in [0.15, 0.2) is 24.3 Å². The van der Waals surface area contributed by atoms with Crippen LogP contribution in [-0.4, -0.2) is 31.6 Å². The molecule has 0 N–H and O–H groups in total. The third-order valence-corrected chi connectivity index (χ3v) is 3.21. The Labute approximate surface area is 147 Å². The minimum absolute atomic E-state index is 0. The first-order valence-electron chi connectivity index (χ1n) is 5.38. The van der Waals surface area contributed by atoms with Gasteiger partial charge >= 0.3 is 29.6 Å². The van der Waals surface area contributed by atoms with Gasteiger partial charge in [-0.3, -0.25) is 0 Å². The summed E-state index contributed by atoms with van der Waals surface area (Å²) in [6.45, 7) is 0.387. The molecule has 0 saturated carbocycles. The molecule has 1 aromatic rings. The first-order valence-corrected chi connectivity index (χ1v) is 8.11. The van der Waals surface area contributed by atoms with Crippen LogP contribution in [0.2, 0.25) is 0 Å². The maximum atomic E-state index is 10.4. The summed E-state index contributed by atoms with van der Waals surface area (Å²) in [6, 6.07) is 7.12. The minimum Gasteiger partial charge on any atom is -0.748 e. The Hall–Kier alpha value is 0.0800. The van der Waals surface area contributed by atoms with Crippen molar-refractivity contribution in [2.24, 2.45) is 0 Å². The summed E-state index contributed by atoms with van der Waals surface area (Å²) in [4.78, 5) is 0. The van der Waals surface area contributed by atoms with Gasteiger partial charge in [-0.05, 0) is 37.1 Å². The molecule has 0 aliphatic carbocycles. The number of hydrogen-bond acceptors (Lipinski definition) is 6. The third-order valence-electron chi connectivity index (χ3n) is 2.06. The molecule has 0 atom stereocenters. The van der Waals surface area contributed by atoms with E-state index in [1.54, 1.807) is 24.3 Å². The van der Waals surface area contributed by atoms with Gasteiger partial charge in [-0.2, -0.15) is 0 Å². The SMILES string of the molecule is C.CSOc1ccc(OCCCCS(=O)(=O)[O-])cc1.[Na+]. The first-order chi connectivity index (χ1) is 8.51. The molecule has 0 radical (unpaired) electrons. The van der Waals surface area contributed by atoms with Crippen LogP contribution < -0.4 is 38.5 Å². The molecule has 0 amide bonds. The van der Waals surface area contributed by atoms with Crippen LogP contribution in [0.3, 0.4) is 0 Å². The van der Waals surface area contributed by atoms with Gasteiger partial charge in [0.2, 0.25) is 0 Å². The Bertz CT molecular complexity index is 447. The van der Waals surface area contributed by atoms with Crippen molar-refractivity contribution in [3.63, 3.8) is 0 Å². The molecule has 1 rings (SSSR count). The second-order valence-electron chi connectivity index (χ2n) is 3.54. The predicted molar refractivity (Wildman–Crippen MR) is 76.6 cm³/mol. The van der Waals surface area contributed by atoms with E-state index in [4.69, 9.17) is 8.92 Å². The van der Waals surface area contributed by atoms with Crippen LogP contribution in [0.4, 0.5) is 0 Å². The zero-order valence-corrected chi connectivity index (χ0v) is 14.6. The Morgan fingerprint density at radius 2 is 1.70 bits per heavy atom. The van der Waals surface area contributed by atoms with Crippen molar-refractivity contribution in [1.29, 1.82) is 0 Å². The Kier molecular flexibility index (Phi) is 13.1.